The van der Waals surface area contributed by atoms with Crippen LogP contribution in [0.25, 0.3) is 0 Å². The molecule has 0 nitrogen and oxygen atoms in total. The van der Waals surface area contributed by atoms with E-state index in [9.17, 15) is 8.22 Å². The van der Waals surface area contributed by atoms with Gasteiger partial charge in [-0.25, -0.2) is 0 Å². The first kappa shape index (κ1) is 10.4. The van der Waals surface area contributed by atoms with Gasteiger partial charge in [-0.05, 0) is 18.9 Å². The maximum absolute atomic E-state index is 12.6. The van der Waals surface area contributed by atoms with E-state index in [2.05, 4.69) is 0 Å². The van der Waals surface area contributed by atoms with Gasteiger partial charge in [-0.3, -0.25) is 8.22 Å². The highest BCUT2D eigenvalue weighted by Crippen LogP contribution is 2.24. The van der Waals surface area contributed by atoms with E-state index in [1.807, 2.05) is 32.0 Å². The average molecular weight is 199 g/mol. The lowest BCUT2D eigenvalue weighted by Gasteiger charge is -2.11. The van der Waals surface area contributed by atoms with Crippen molar-refractivity contribution in [3.63, 3.8) is 0 Å². The van der Waals surface area contributed by atoms with E-state index in [-0.39, 0.29) is 0 Å². The van der Waals surface area contributed by atoms with Gasteiger partial charge in [-0.1, -0.05) is 36.8 Å². The largest absolute Gasteiger partial charge is 0.484 e. The molecule has 13 heavy (non-hydrogen) atoms. The quantitative estimate of drug-likeness (QED) is 0.516. The fourth-order valence-electron chi connectivity index (χ4n) is 1.40. The molecule has 1 rings (SSSR count). The predicted molar refractivity (Wildman–Crippen MR) is 52.2 cm³/mol. The molecule has 0 aromatic heterocycles. The third kappa shape index (κ3) is 2.62. The normalized spacial score (nSPS) is 13.3. The third-order valence-electron chi connectivity index (χ3n) is 2.12. The van der Waals surface area contributed by atoms with E-state index in [0.29, 0.717) is 6.42 Å². The summed E-state index contributed by atoms with van der Waals surface area (Å²) in [6.45, 7) is 3.75. The van der Waals surface area contributed by atoms with Crippen LogP contribution in [0.15, 0.2) is 24.3 Å². The molecule has 0 saturated carbocycles. The van der Waals surface area contributed by atoms with Crippen molar-refractivity contribution in [1.29, 1.82) is 0 Å². The second-order valence-electron chi connectivity index (χ2n) is 3.16. The van der Waals surface area contributed by atoms with Crippen LogP contribution in [-0.4, -0.2) is 9.46 Å². The molecule has 0 amide bonds. The van der Waals surface area contributed by atoms with E-state index >= 15 is 0 Å². The van der Waals surface area contributed by atoms with Gasteiger partial charge < -0.3 is 0 Å². The zero-order valence-electron chi connectivity index (χ0n) is 7.85. The van der Waals surface area contributed by atoms with Crippen LogP contribution < -0.4 is 0 Å². The van der Waals surface area contributed by atoms with Crippen molar-refractivity contribution in [3.8, 4) is 0 Å². The van der Waals surface area contributed by atoms with Gasteiger partial charge in [0.25, 0.3) is 0 Å². The topological polar surface area (TPSA) is 0 Å². The number of rotatable bonds is 3. The fraction of sp³-hybridized carbons (Fsp3) is 0.400. The maximum Gasteiger partial charge on any atom is 0.484 e. The zero-order chi connectivity index (χ0) is 9.84. The highest BCUT2D eigenvalue weighted by Gasteiger charge is 2.25. The van der Waals surface area contributed by atoms with E-state index in [1.165, 1.54) is 0 Å². The van der Waals surface area contributed by atoms with Gasteiger partial charge in [-0.15, -0.1) is 0 Å². The molecule has 0 bridgehead atoms. The molecule has 0 aliphatic heterocycles. The van der Waals surface area contributed by atoms with Crippen LogP contribution in [0.1, 0.15) is 30.0 Å². The van der Waals surface area contributed by atoms with Crippen LogP contribution in [0.5, 0.6) is 0 Å². The smallest absolute Gasteiger partial charge is 0.267 e. The Kier molecular flexibility index (Phi) is 3.60. The molecule has 0 aliphatic rings. The predicted octanol–water partition coefficient (Wildman–Crippen LogP) is 3.46. The lowest BCUT2D eigenvalue weighted by Crippen LogP contribution is -2.12. The van der Waals surface area contributed by atoms with Crippen molar-refractivity contribution in [2.75, 3.05) is 0 Å². The summed E-state index contributed by atoms with van der Waals surface area (Å²) in [5.74, 6) is 0. The summed E-state index contributed by atoms with van der Waals surface area (Å²) in [5.41, 5.74) is 1.34. The summed E-state index contributed by atoms with van der Waals surface area (Å²) in [5, 5.41) is 0. The van der Waals surface area contributed by atoms with Gasteiger partial charge in [0.05, 0.1) is 0 Å². The summed E-state index contributed by atoms with van der Waals surface area (Å²) in [4.78, 5) is 0. The Morgan fingerprint density at radius 2 is 2.08 bits per heavy atom. The second-order valence-corrected chi connectivity index (χ2v) is 4.44. The number of hydrogen-bond acceptors (Lipinski definition) is 0. The van der Waals surface area contributed by atoms with Crippen molar-refractivity contribution in [3.05, 3.63) is 35.4 Å². The molecule has 1 aromatic carbocycles. The fourth-order valence-corrected chi connectivity index (χ4v) is 2.14. The van der Waals surface area contributed by atoms with Crippen molar-refractivity contribution in [2.45, 2.75) is 25.8 Å². The Bertz CT molecular complexity index is 273. The van der Waals surface area contributed by atoms with Crippen LogP contribution >= 0.6 is 0 Å². The number of hydrogen-bond donors (Lipinski definition) is 0. The molecule has 3 heteroatoms. The molecule has 0 heterocycles. The summed E-state index contributed by atoms with van der Waals surface area (Å²) in [6, 6.07) is 7.43. The summed E-state index contributed by atoms with van der Waals surface area (Å²) < 4.78 is 25.2. The molecule has 0 N–H and O–H groups in total. The lowest BCUT2D eigenvalue weighted by atomic mass is 10.1. The molecule has 71 valence electrons. The Labute approximate surface area is 79.5 Å². The minimum atomic E-state index is -3.19. The van der Waals surface area contributed by atoms with Crippen LogP contribution in [0.3, 0.4) is 0 Å². The molecule has 0 aliphatic carbocycles. The second kappa shape index (κ2) is 4.51. The first-order valence-corrected chi connectivity index (χ1v) is 5.73. The minimum Gasteiger partial charge on any atom is -0.267 e. The van der Waals surface area contributed by atoms with Crippen molar-refractivity contribution >= 4 is 9.46 Å². The lowest BCUT2D eigenvalue weighted by molar-refractivity contribution is 0.603. The first-order chi connectivity index (χ1) is 6.15. The van der Waals surface area contributed by atoms with Gasteiger partial charge in [0, 0.05) is 5.54 Å². The zero-order valence-corrected chi connectivity index (χ0v) is 8.85. The molecule has 0 fully saturated rings. The summed E-state index contributed by atoms with van der Waals surface area (Å²) in [6.07, 6.45) is 0.532. The van der Waals surface area contributed by atoms with Crippen LogP contribution in [0, 0.1) is 6.92 Å². The van der Waals surface area contributed by atoms with Crippen LogP contribution in [-0.2, 0) is 0 Å². The average Bonchev–Trinajstić information content (AvgIpc) is 2.04. The van der Waals surface area contributed by atoms with Crippen molar-refractivity contribution < 1.29 is 8.22 Å². The number of benzene rings is 1. The maximum atomic E-state index is 12.6. The summed E-state index contributed by atoms with van der Waals surface area (Å²) in [7, 11) is -3.19. The highest BCUT2D eigenvalue weighted by atomic mass is 28.4. The Hall–Kier alpha value is -0.703. The van der Waals surface area contributed by atoms with E-state index < -0.39 is 15.0 Å². The molecule has 1 radical (unpaired) electrons. The molecule has 1 aromatic rings. The Morgan fingerprint density at radius 3 is 2.54 bits per heavy atom. The number of aryl methyl sites for hydroxylation is 1. The van der Waals surface area contributed by atoms with Crippen molar-refractivity contribution in [2.24, 2.45) is 0 Å². The molecular weight excluding hydrogens is 186 g/mol. The molecule has 0 spiro atoms. The van der Waals surface area contributed by atoms with Gasteiger partial charge in [0.1, 0.15) is 0 Å². The van der Waals surface area contributed by atoms with Crippen LogP contribution in [0.2, 0.25) is 0 Å². The van der Waals surface area contributed by atoms with Crippen LogP contribution in [0.4, 0.5) is 8.22 Å². The molecule has 1 unspecified atom stereocenters. The van der Waals surface area contributed by atoms with Gasteiger partial charge in [-0.2, -0.15) is 0 Å². The standard InChI is InChI=1S/C10H13F2Si/c1-3-10(13(11)12)9-6-4-5-8(2)7-9/h4-7,10H,3H2,1-2H3. The molecule has 0 saturated heterocycles. The molecule has 1 atom stereocenters. The highest BCUT2D eigenvalue weighted by molar-refractivity contribution is 6.44. The SMILES string of the molecule is CCC(c1cccc(C)c1)[Si](F)F. The summed E-state index contributed by atoms with van der Waals surface area (Å²) >= 11 is 0. The Balaban J connectivity index is 2.91. The minimum absolute atomic E-state index is 0.509. The van der Waals surface area contributed by atoms with E-state index in [0.717, 1.165) is 11.1 Å². The third-order valence-corrected chi connectivity index (χ3v) is 3.38. The number of halogens is 2. The Morgan fingerprint density at radius 1 is 1.38 bits per heavy atom. The van der Waals surface area contributed by atoms with Gasteiger partial charge in [0.2, 0.25) is 0 Å². The van der Waals surface area contributed by atoms with Crippen molar-refractivity contribution in [1.82, 2.24) is 0 Å². The monoisotopic (exact) mass is 199 g/mol. The molecular formula is C10H13F2Si. The first-order valence-electron chi connectivity index (χ1n) is 4.39. The van der Waals surface area contributed by atoms with E-state index in [4.69, 9.17) is 0 Å². The van der Waals surface area contributed by atoms with E-state index in [1.54, 1.807) is 6.07 Å². The van der Waals surface area contributed by atoms with Gasteiger partial charge in [0.15, 0.2) is 0 Å². The van der Waals surface area contributed by atoms with Gasteiger partial charge >= 0.3 is 9.46 Å².